The second kappa shape index (κ2) is 9.20. The number of ether oxygens (including phenoxy) is 1. The van der Waals surface area contributed by atoms with Crippen molar-refractivity contribution in [2.45, 2.75) is 17.9 Å². The molecule has 0 radical (unpaired) electrons. The number of methoxy groups -OCH3 is 1. The Morgan fingerprint density at radius 3 is 2.54 bits per heavy atom. The van der Waals surface area contributed by atoms with Gasteiger partial charge in [0.05, 0.1) is 17.7 Å². The summed E-state index contributed by atoms with van der Waals surface area (Å²) in [4.78, 5) is 14.1. The van der Waals surface area contributed by atoms with E-state index in [1.54, 1.807) is 50.6 Å². The van der Waals surface area contributed by atoms with Crippen molar-refractivity contribution in [3.63, 3.8) is 0 Å². The molecule has 2 aromatic rings. The van der Waals surface area contributed by atoms with E-state index in [0.29, 0.717) is 17.2 Å². The number of para-hydroxylation sites is 2. The van der Waals surface area contributed by atoms with Gasteiger partial charge in [-0.25, -0.2) is 8.42 Å². The summed E-state index contributed by atoms with van der Waals surface area (Å²) in [7, 11) is -1.91. The molecule has 1 amide bonds. The Balaban J connectivity index is 2.28. The molecule has 0 aliphatic heterocycles. The van der Waals surface area contributed by atoms with Crippen LogP contribution in [0.5, 0.6) is 5.75 Å². The van der Waals surface area contributed by atoms with Gasteiger partial charge in [0.25, 0.3) is 15.9 Å². The second-order valence-electron chi connectivity index (χ2n) is 6.34. The van der Waals surface area contributed by atoms with Crippen molar-refractivity contribution < 1.29 is 22.2 Å². The molecule has 0 saturated carbocycles. The third-order valence-corrected chi connectivity index (χ3v) is 6.51. The maximum atomic E-state index is 12.8. The second-order valence-corrected chi connectivity index (χ2v) is 9.50. The molecule has 0 aliphatic carbocycles. The van der Waals surface area contributed by atoms with Crippen LogP contribution < -0.4 is 9.46 Å². The molecule has 28 heavy (non-hydrogen) atoms. The largest absolute Gasteiger partial charge is 0.495 e. The van der Waals surface area contributed by atoms with Crippen molar-refractivity contribution in [1.82, 2.24) is 4.90 Å². The van der Waals surface area contributed by atoms with E-state index >= 15 is 0 Å². The molecule has 0 heterocycles. The van der Waals surface area contributed by atoms with Crippen molar-refractivity contribution >= 4 is 32.4 Å². The van der Waals surface area contributed by atoms with Crippen LogP contribution >= 0.6 is 0 Å². The molecule has 7 nitrogen and oxygen atoms in total. The molecule has 0 saturated heterocycles. The fourth-order valence-corrected chi connectivity index (χ4v) is 4.60. The Morgan fingerprint density at radius 2 is 1.89 bits per heavy atom. The van der Waals surface area contributed by atoms with Crippen molar-refractivity contribution in [2.24, 2.45) is 0 Å². The summed E-state index contributed by atoms with van der Waals surface area (Å²) in [6.45, 7) is 1.79. The fraction of sp³-hybridized carbons (Fsp3) is 0.316. The SMILES string of the molecule is COc1ccccc1NS(=O)(=O)c1cccc(C(=O)N(C)[C@H](C)C[S@](C)=O)c1. The number of sulfonamides is 1. The van der Waals surface area contributed by atoms with Crippen LogP contribution in [0.15, 0.2) is 53.4 Å². The number of hydrogen-bond donors (Lipinski definition) is 1. The van der Waals surface area contributed by atoms with Gasteiger partial charge in [-0.1, -0.05) is 18.2 Å². The highest BCUT2D eigenvalue weighted by Gasteiger charge is 2.22. The summed E-state index contributed by atoms with van der Waals surface area (Å²) < 4.78 is 44.6. The lowest BCUT2D eigenvalue weighted by Crippen LogP contribution is -2.38. The molecule has 2 rings (SSSR count). The van der Waals surface area contributed by atoms with Crippen LogP contribution in [0.4, 0.5) is 5.69 Å². The van der Waals surface area contributed by atoms with E-state index in [2.05, 4.69) is 4.72 Å². The molecule has 0 unspecified atom stereocenters. The van der Waals surface area contributed by atoms with Crippen LogP contribution in [-0.4, -0.2) is 55.6 Å². The minimum atomic E-state index is -3.92. The van der Waals surface area contributed by atoms with Crippen molar-refractivity contribution in [2.75, 3.05) is 30.9 Å². The Morgan fingerprint density at radius 1 is 1.21 bits per heavy atom. The number of carbonyl (C=O) groups is 1. The minimum Gasteiger partial charge on any atom is -0.495 e. The summed E-state index contributed by atoms with van der Waals surface area (Å²) >= 11 is 0. The Labute approximate surface area is 168 Å². The van der Waals surface area contributed by atoms with Gasteiger partial charge >= 0.3 is 0 Å². The molecule has 9 heteroatoms. The van der Waals surface area contributed by atoms with Crippen LogP contribution in [0, 0.1) is 0 Å². The molecule has 0 spiro atoms. The lowest BCUT2D eigenvalue weighted by Gasteiger charge is -2.24. The highest BCUT2D eigenvalue weighted by atomic mass is 32.2. The molecule has 0 aromatic heterocycles. The van der Waals surface area contributed by atoms with Crippen LogP contribution in [-0.2, 0) is 20.8 Å². The van der Waals surface area contributed by atoms with Gasteiger partial charge < -0.3 is 9.64 Å². The van der Waals surface area contributed by atoms with Gasteiger partial charge in [-0.15, -0.1) is 0 Å². The number of nitrogens with zero attached hydrogens (tertiary/aromatic N) is 1. The molecule has 1 N–H and O–H groups in total. The van der Waals surface area contributed by atoms with Crippen LogP contribution in [0.1, 0.15) is 17.3 Å². The molecular formula is C19H24N2O5S2. The third kappa shape index (κ3) is 5.32. The van der Waals surface area contributed by atoms with E-state index in [1.807, 2.05) is 0 Å². The zero-order valence-corrected chi connectivity index (χ0v) is 17.8. The Bertz CT molecular complexity index is 976. The summed E-state index contributed by atoms with van der Waals surface area (Å²) in [6, 6.07) is 12.2. The lowest BCUT2D eigenvalue weighted by molar-refractivity contribution is 0.0757. The molecule has 2 atom stereocenters. The van der Waals surface area contributed by atoms with Gasteiger partial charge in [0, 0.05) is 41.5 Å². The first-order valence-corrected chi connectivity index (χ1v) is 11.7. The zero-order chi connectivity index (χ0) is 20.9. The standard InChI is InChI=1S/C19H24N2O5S2/c1-14(13-27(4)23)21(2)19(22)15-8-7-9-16(12-15)28(24,25)20-17-10-5-6-11-18(17)26-3/h5-12,14,20H,13H2,1-4H3/t14-,27+/m1/s1. The van der Waals surface area contributed by atoms with Crippen molar-refractivity contribution in [1.29, 1.82) is 0 Å². The van der Waals surface area contributed by atoms with Crippen molar-refractivity contribution in [3.05, 3.63) is 54.1 Å². The van der Waals surface area contributed by atoms with E-state index in [-0.39, 0.29) is 22.4 Å². The van der Waals surface area contributed by atoms with E-state index in [0.717, 1.165) is 0 Å². The van der Waals surface area contributed by atoms with Gasteiger partial charge in [-0.3, -0.25) is 13.7 Å². The average Bonchev–Trinajstić information content (AvgIpc) is 2.66. The predicted octanol–water partition coefficient (Wildman–Crippen LogP) is 2.33. The first-order chi connectivity index (χ1) is 13.2. The smallest absolute Gasteiger partial charge is 0.262 e. The number of anilines is 1. The molecule has 0 fully saturated rings. The van der Waals surface area contributed by atoms with E-state index in [9.17, 15) is 17.4 Å². The molecular weight excluding hydrogens is 400 g/mol. The first kappa shape index (κ1) is 21.9. The van der Waals surface area contributed by atoms with Crippen molar-refractivity contribution in [3.8, 4) is 5.75 Å². The number of hydrogen-bond acceptors (Lipinski definition) is 5. The number of carbonyl (C=O) groups excluding carboxylic acids is 1. The predicted molar refractivity (Wildman–Crippen MR) is 111 cm³/mol. The van der Waals surface area contributed by atoms with Gasteiger partial charge in [-0.05, 0) is 37.3 Å². The summed E-state index contributed by atoms with van der Waals surface area (Å²) in [5, 5.41) is 0. The summed E-state index contributed by atoms with van der Waals surface area (Å²) in [5.74, 6) is 0.391. The third-order valence-electron chi connectivity index (χ3n) is 4.20. The molecule has 0 bridgehead atoms. The zero-order valence-electron chi connectivity index (χ0n) is 16.2. The minimum absolute atomic E-state index is 0.0376. The fourth-order valence-electron chi connectivity index (χ4n) is 2.58. The lowest BCUT2D eigenvalue weighted by atomic mass is 10.2. The topological polar surface area (TPSA) is 92.8 Å². The number of rotatable bonds is 8. The van der Waals surface area contributed by atoms with Crippen LogP contribution in [0.25, 0.3) is 0 Å². The molecule has 0 aliphatic rings. The highest BCUT2D eigenvalue weighted by molar-refractivity contribution is 7.92. The number of benzene rings is 2. The van der Waals surface area contributed by atoms with E-state index in [1.165, 1.54) is 30.2 Å². The normalized spacial score (nSPS) is 13.4. The Kier molecular flexibility index (Phi) is 7.20. The first-order valence-electron chi connectivity index (χ1n) is 8.49. The summed E-state index contributed by atoms with van der Waals surface area (Å²) in [5.41, 5.74) is 0.539. The van der Waals surface area contributed by atoms with Gasteiger partial charge in [0.2, 0.25) is 0 Å². The van der Waals surface area contributed by atoms with Gasteiger partial charge in [0.15, 0.2) is 0 Å². The Hall–Kier alpha value is -2.39. The monoisotopic (exact) mass is 424 g/mol. The van der Waals surface area contributed by atoms with Crippen LogP contribution in [0.3, 0.4) is 0 Å². The summed E-state index contributed by atoms with van der Waals surface area (Å²) in [6.07, 6.45) is 1.57. The van der Waals surface area contributed by atoms with Crippen LogP contribution in [0.2, 0.25) is 0 Å². The maximum Gasteiger partial charge on any atom is 0.262 e. The molecule has 152 valence electrons. The maximum absolute atomic E-state index is 12.8. The number of nitrogens with one attached hydrogen (secondary N) is 1. The van der Waals surface area contributed by atoms with Gasteiger partial charge in [0.1, 0.15) is 5.75 Å². The molecule has 2 aromatic carbocycles. The average molecular weight is 425 g/mol. The highest BCUT2D eigenvalue weighted by Crippen LogP contribution is 2.26. The quantitative estimate of drug-likeness (QED) is 0.702. The van der Waals surface area contributed by atoms with Gasteiger partial charge in [-0.2, -0.15) is 0 Å². The number of amides is 1. The van der Waals surface area contributed by atoms with E-state index in [4.69, 9.17) is 4.74 Å². The van der Waals surface area contributed by atoms with E-state index < -0.39 is 20.8 Å².